The van der Waals surface area contributed by atoms with E-state index in [0.717, 1.165) is 57.7 Å². The van der Waals surface area contributed by atoms with Gasteiger partial charge in [0.15, 0.2) is 0 Å². The van der Waals surface area contributed by atoms with Crippen LogP contribution in [0.5, 0.6) is 0 Å². The van der Waals surface area contributed by atoms with Gasteiger partial charge in [-0.15, -0.1) is 0 Å². The van der Waals surface area contributed by atoms with Gasteiger partial charge in [-0.25, -0.2) is 0 Å². The van der Waals surface area contributed by atoms with E-state index >= 15 is 0 Å². The van der Waals surface area contributed by atoms with Gasteiger partial charge >= 0.3 is 0 Å². The van der Waals surface area contributed by atoms with Gasteiger partial charge in [-0.1, -0.05) is 12.1 Å². The molecule has 0 unspecified atom stereocenters. The summed E-state index contributed by atoms with van der Waals surface area (Å²) in [5.41, 5.74) is 2.00. The zero-order valence-corrected chi connectivity index (χ0v) is 13.3. The van der Waals surface area contributed by atoms with E-state index in [1.807, 2.05) is 25.1 Å². The van der Waals surface area contributed by atoms with Crippen molar-refractivity contribution >= 4 is 0 Å². The van der Waals surface area contributed by atoms with Crippen LogP contribution in [0.2, 0.25) is 0 Å². The van der Waals surface area contributed by atoms with Gasteiger partial charge in [-0.3, -0.25) is 4.90 Å². The minimum atomic E-state index is 0.0465. The Morgan fingerprint density at radius 3 is 2.95 bits per heavy atom. The molecule has 1 spiro atoms. The molecular formula is C18H24N2O2. The molecule has 0 amide bonds. The monoisotopic (exact) mass is 300 g/mol. The minimum absolute atomic E-state index is 0.0465. The second-order valence-electron chi connectivity index (χ2n) is 6.36. The van der Waals surface area contributed by atoms with Crippen molar-refractivity contribution in [3.05, 3.63) is 35.4 Å². The van der Waals surface area contributed by atoms with Gasteiger partial charge in [0.05, 0.1) is 29.9 Å². The fourth-order valence-electron chi connectivity index (χ4n) is 3.61. The first-order valence-corrected chi connectivity index (χ1v) is 8.20. The Hall–Kier alpha value is -1.41. The minimum Gasteiger partial charge on any atom is -0.376 e. The van der Waals surface area contributed by atoms with E-state index in [0.29, 0.717) is 0 Å². The van der Waals surface area contributed by atoms with Crippen molar-refractivity contribution in [1.82, 2.24) is 4.90 Å². The van der Waals surface area contributed by atoms with Crippen LogP contribution in [-0.4, -0.2) is 42.9 Å². The molecule has 2 heterocycles. The van der Waals surface area contributed by atoms with E-state index in [1.54, 1.807) is 0 Å². The first-order valence-electron chi connectivity index (χ1n) is 8.20. The molecule has 0 radical (unpaired) electrons. The molecule has 2 fully saturated rings. The summed E-state index contributed by atoms with van der Waals surface area (Å²) in [6.07, 6.45) is 3.48. The average Bonchev–Trinajstić information content (AvgIpc) is 2.93. The molecular weight excluding hydrogens is 276 g/mol. The van der Waals surface area contributed by atoms with Gasteiger partial charge < -0.3 is 9.47 Å². The standard InChI is InChI=1S/C18H24N2O2/c1-2-21-17-11-18(22-14-17)6-8-20(9-7-18)13-16-5-3-4-15(10-16)12-19/h3-5,10,17H,2,6-9,11,13-14H2,1H3/t17-/m0/s1. The maximum absolute atomic E-state index is 8.98. The third-order valence-corrected chi connectivity index (χ3v) is 4.81. The predicted octanol–water partition coefficient (Wildman–Crippen LogP) is 2.72. The molecule has 4 heteroatoms. The van der Waals surface area contributed by atoms with E-state index in [1.165, 1.54) is 5.56 Å². The largest absolute Gasteiger partial charge is 0.376 e. The highest BCUT2D eigenvalue weighted by molar-refractivity contribution is 5.32. The number of likely N-dealkylation sites (tertiary alicyclic amines) is 1. The van der Waals surface area contributed by atoms with Gasteiger partial charge in [0.1, 0.15) is 0 Å². The van der Waals surface area contributed by atoms with Crippen LogP contribution >= 0.6 is 0 Å². The quantitative estimate of drug-likeness (QED) is 0.857. The van der Waals surface area contributed by atoms with Crippen molar-refractivity contribution in [2.75, 3.05) is 26.3 Å². The smallest absolute Gasteiger partial charge is 0.0991 e. The van der Waals surface area contributed by atoms with Gasteiger partial charge in [0.2, 0.25) is 0 Å². The molecule has 2 aliphatic rings. The number of nitriles is 1. The maximum Gasteiger partial charge on any atom is 0.0991 e. The van der Waals surface area contributed by atoms with Gasteiger partial charge in [-0.05, 0) is 37.5 Å². The van der Waals surface area contributed by atoms with E-state index in [2.05, 4.69) is 17.0 Å². The van der Waals surface area contributed by atoms with Crippen molar-refractivity contribution in [1.29, 1.82) is 5.26 Å². The van der Waals surface area contributed by atoms with E-state index in [-0.39, 0.29) is 11.7 Å². The fourth-order valence-corrected chi connectivity index (χ4v) is 3.61. The number of hydrogen-bond donors (Lipinski definition) is 0. The lowest BCUT2D eigenvalue weighted by Gasteiger charge is -2.38. The number of piperidine rings is 1. The number of benzene rings is 1. The van der Waals surface area contributed by atoms with Crippen LogP contribution in [0.3, 0.4) is 0 Å². The summed E-state index contributed by atoms with van der Waals surface area (Å²) in [6.45, 7) is 6.58. The molecule has 1 atom stereocenters. The summed E-state index contributed by atoms with van der Waals surface area (Å²) >= 11 is 0. The SMILES string of the molecule is CCO[C@@H]1COC2(CCN(Cc3cccc(C#N)c3)CC2)C1. The molecule has 0 saturated carbocycles. The number of rotatable bonds is 4. The Balaban J connectivity index is 1.53. The van der Waals surface area contributed by atoms with Crippen LogP contribution in [0.1, 0.15) is 37.3 Å². The lowest BCUT2D eigenvalue weighted by molar-refractivity contribution is -0.0464. The molecule has 3 rings (SSSR count). The van der Waals surface area contributed by atoms with Crippen LogP contribution in [0.4, 0.5) is 0 Å². The van der Waals surface area contributed by atoms with Crippen molar-refractivity contribution in [3.8, 4) is 6.07 Å². The third kappa shape index (κ3) is 3.49. The fraction of sp³-hybridized carbons (Fsp3) is 0.611. The highest BCUT2D eigenvalue weighted by atomic mass is 16.6. The van der Waals surface area contributed by atoms with Crippen LogP contribution in [0, 0.1) is 11.3 Å². The number of ether oxygens (including phenoxy) is 2. The van der Waals surface area contributed by atoms with Crippen LogP contribution in [-0.2, 0) is 16.0 Å². The molecule has 4 nitrogen and oxygen atoms in total. The van der Waals surface area contributed by atoms with Crippen LogP contribution in [0.15, 0.2) is 24.3 Å². The maximum atomic E-state index is 8.98. The average molecular weight is 300 g/mol. The molecule has 2 saturated heterocycles. The van der Waals surface area contributed by atoms with Gasteiger partial charge in [0, 0.05) is 32.7 Å². The molecule has 0 bridgehead atoms. The highest BCUT2D eigenvalue weighted by Crippen LogP contribution is 2.37. The highest BCUT2D eigenvalue weighted by Gasteiger charge is 2.42. The zero-order valence-electron chi connectivity index (χ0n) is 13.3. The summed E-state index contributed by atoms with van der Waals surface area (Å²) in [6, 6.07) is 10.1. The predicted molar refractivity (Wildman–Crippen MR) is 84.4 cm³/mol. The summed E-state index contributed by atoms with van der Waals surface area (Å²) in [4.78, 5) is 2.46. The summed E-state index contributed by atoms with van der Waals surface area (Å²) in [5.74, 6) is 0. The summed E-state index contributed by atoms with van der Waals surface area (Å²) in [7, 11) is 0. The van der Waals surface area contributed by atoms with Crippen molar-refractivity contribution in [2.24, 2.45) is 0 Å². The molecule has 2 aliphatic heterocycles. The van der Waals surface area contributed by atoms with Gasteiger partial charge in [-0.2, -0.15) is 5.26 Å². The van der Waals surface area contributed by atoms with E-state index < -0.39 is 0 Å². The normalized spacial score (nSPS) is 24.5. The topological polar surface area (TPSA) is 45.5 Å². The summed E-state index contributed by atoms with van der Waals surface area (Å²) in [5, 5.41) is 8.98. The Morgan fingerprint density at radius 2 is 2.23 bits per heavy atom. The number of hydrogen-bond acceptors (Lipinski definition) is 4. The first kappa shape index (κ1) is 15.5. The lowest BCUT2D eigenvalue weighted by atomic mass is 9.88. The van der Waals surface area contributed by atoms with E-state index in [9.17, 15) is 0 Å². The van der Waals surface area contributed by atoms with Crippen LogP contribution in [0.25, 0.3) is 0 Å². The number of nitrogens with zero attached hydrogens (tertiary/aromatic N) is 2. The van der Waals surface area contributed by atoms with Crippen LogP contribution < -0.4 is 0 Å². The molecule has 0 aromatic heterocycles. The van der Waals surface area contributed by atoms with Gasteiger partial charge in [0.25, 0.3) is 0 Å². The Morgan fingerprint density at radius 1 is 1.41 bits per heavy atom. The molecule has 22 heavy (non-hydrogen) atoms. The third-order valence-electron chi connectivity index (χ3n) is 4.81. The van der Waals surface area contributed by atoms with Crippen molar-refractivity contribution in [2.45, 2.75) is 44.4 Å². The second-order valence-corrected chi connectivity index (χ2v) is 6.36. The molecule has 118 valence electrons. The Bertz CT molecular complexity index is 544. The molecule has 1 aromatic carbocycles. The first-order chi connectivity index (χ1) is 10.7. The Kier molecular flexibility index (Phi) is 4.77. The molecule has 0 aliphatic carbocycles. The lowest BCUT2D eigenvalue weighted by Crippen LogP contribution is -2.43. The summed E-state index contributed by atoms with van der Waals surface area (Å²) < 4.78 is 11.8. The molecule has 1 aromatic rings. The second kappa shape index (κ2) is 6.78. The zero-order chi connectivity index (χ0) is 15.4. The molecule has 0 N–H and O–H groups in total. The Labute approximate surface area is 132 Å². The van der Waals surface area contributed by atoms with Crippen molar-refractivity contribution in [3.63, 3.8) is 0 Å². The van der Waals surface area contributed by atoms with Crippen molar-refractivity contribution < 1.29 is 9.47 Å². The van der Waals surface area contributed by atoms with E-state index in [4.69, 9.17) is 14.7 Å².